The summed E-state index contributed by atoms with van der Waals surface area (Å²) >= 11 is 0. The van der Waals surface area contributed by atoms with E-state index in [-0.39, 0.29) is 13.0 Å². The van der Waals surface area contributed by atoms with Gasteiger partial charge in [-0.05, 0) is 30.5 Å². The number of benzene rings is 1. The molecule has 0 amide bonds. The van der Waals surface area contributed by atoms with Crippen molar-refractivity contribution in [1.82, 2.24) is 14.9 Å². The van der Waals surface area contributed by atoms with Crippen molar-refractivity contribution in [2.75, 3.05) is 26.3 Å². The lowest BCUT2D eigenvalue weighted by Crippen LogP contribution is -2.24. The van der Waals surface area contributed by atoms with Crippen LogP contribution >= 0.6 is 0 Å². The number of halogens is 2. The van der Waals surface area contributed by atoms with Crippen molar-refractivity contribution in [1.29, 1.82) is 0 Å². The number of rotatable bonds is 3. The Labute approximate surface area is 139 Å². The van der Waals surface area contributed by atoms with Crippen LogP contribution < -0.4 is 0 Å². The van der Waals surface area contributed by atoms with Crippen LogP contribution in [-0.2, 0) is 11.3 Å². The van der Waals surface area contributed by atoms with Crippen molar-refractivity contribution in [2.45, 2.75) is 37.6 Å². The van der Waals surface area contributed by atoms with Crippen molar-refractivity contribution >= 4 is 10.9 Å². The van der Waals surface area contributed by atoms with Crippen LogP contribution in [0.3, 0.4) is 0 Å². The summed E-state index contributed by atoms with van der Waals surface area (Å²) in [6.45, 7) is 2.39. The molecule has 0 spiro atoms. The molecule has 6 heteroatoms. The van der Waals surface area contributed by atoms with E-state index in [9.17, 15) is 8.78 Å². The minimum Gasteiger partial charge on any atom is -0.381 e. The molecule has 128 valence electrons. The van der Waals surface area contributed by atoms with Gasteiger partial charge in [-0.25, -0.2) is 18.7 Å². The summed E-state index contributed by atoms with van der Waals surface area (Å²) < 4.78 is 32.0. The third kappa shape index (κ3) is 3.39. The van der Waals surface area contributed by atoms with E-state index in [2.05, 4.69) is 4.98 Å². The fourth-order valence-electron chi connectivity index (χ4n) is 3.55. The van der Waals surface area contributed by atoms with Gasteiger partial charge in [0.1, 0.15) is 5.82 Å². The molecule has 0 aliphatic carbocycles. The van der Waals surface area contributed by atoms with Gasteiger partial charge in [-0.1, -0.05) is 6.07 Å². The van der Waals surface area contributed by atoms with E-state index in [1.165, 1.54) is 0 Å². The van der Waals surface area contributed by atoms with Gasteiger partial charge >= 0.3 is 0 Å². The van der Waals surface area contributed by atoms with Crippen molar-refractivity contribution in [2.24, 2.45) is 0 Å². The molecule has 0 unspecified atom stereocenters. The monoisotopic (exact) mass is 333 g/mol. The predicted octanol–water partition coefficient (Wildman–Crippen LogP) is 3.36. The Hall–Kier alpha value is -1.66. The lowest BCUT2D eigenvalue weighted by molar-refractivity contribution is 0.0115. The minimum absolute atomic E-state index is 0.0435. The molecule has 0 bridgehead atoms. The third-order valence-corrected chi connectivity index (χ3v) is 4.90. The summed E-state index contributed by atoms with van der Waals surface area (Å²) in [5.74, 6) is -1.29. The second-order valence-electron chi connectivity index (χ2n) is 6.82. The molecule has 4 rings (SSSR count). The summed E-state index contributed by atoms with van der Waals surface area (Å²) in [5.41, 5.74) is 1.95. The van der Waals surface area contributed by atoms with Crippen LogP contribution in [0.1, 0.15) is 36.6 Å². The molecule has 2 aliphatic rings. The average molecular weight is 333 g/mol. The molecule has 0 atom stereocenters. The largest absolute Gasteiger partial charge is 0.381 e. The Balaban J connectivity index is 1.51. The minimum atomic E-state index is -2.54. The molecule has 1 aromatic carbocycles. The van der Waals surface area contributed by atoms with E-state index >= 15 is 0 Å². The zero-order valence-electron chi connectivity index (χ0n) is 13.5. The van der Waals surface area contributed by atoms with Gasteiger partial charge in [0.2, 0.25) is 0 Å². The normalized spacial score (nSPS) is 22.2. The van der Waals surface area contributed by atoms with E-state index < -0.39 is 5.92 Å². The Morgan fingerprint density at radius 3 is 2.83 bits per heavy atom. The highest BCUT2D eigenvalue weighted by Crippen LogP contribution is 2.29. The molecule has 0 saturated carbocycles. The number of likely N-dealkylation sites (tertiary alicyclic amines) is 1. The number of hydrogen-bond acceptors (Lipinski definition) is 4. The van der Waals surface area contributed by atoms with Crippen LogP contribution in [-0.4, -0.2) is 47.1 Å². The number of alkyl halides is 2. The molecule has 2 aromatic rings. The molecule has 3 heterocycles. The van der Waals surface area contributed by atoms with Crippen molar-refractivity contribution in [3.05, 3.63) is 35.8 Å². The highest BCUT2D eigenvalue weighted by atomic mass is 19.3. The highest BCUT2D eigenvalue weighted by Gasteiger charge is 2.37. The summed E-state index contributed by atoms with van der Waals surface area (Å²) in [7, 11) is 0. The van der Waals surface area contributed by atoms with E-state index in [1.54, 1.807) is 4.90 Å². The van der Waals surface area contributed by atoms with Crippen molar-refractivity contribution in [3.8, 4) is 0 Å². The summed E-state index contributed by atoms with van der Waals surface area (Å²) in [5, 5.41) is 0.967. The van der Waals surface area contributed by atoms with Gasteiger partial charge in [0, 0.05) is 50.2 Å². The average Bonchev–Trinajstić information content (AvgIpc) is 2.94. The van der Waals surface area contributed by atoms with Gasteiger partial charge in [-0.15, -0.1) is 0 Å². The Morgan fingerprint density at radius 2 is 2.08 bits per heavy atom. The molecule has 2 saturated heterocycles. The summed E-state index contributed by atoms with van der Waals surface area (Å²) in [4.78, 5) is 11.0. The molecule has 2 aliphatic heterocycles. The molecule has 24 heavy (non-hydrogen) atoms. The Morgan fingerprint density at radius 1 is 1.25 bits per heavy atom. The van der Waals surface area contributed by atoms with Crippen molar-refractivity contribution < 1.29 is 13.5 Å². The number of ether oxygens (including phenoxy) is 1. The van der Waals surface area contributed by atoms with Gasteiger partial charge in [-0.2, -0.15) is 0 Å². The first-order valence-electron chi connectivity index (χ1n) is 8.53. The molecular weight excluding hydrogens is 312 g/mol. The maximum atomic E-state index is 13.3. The van der Waals surface area contributed by atoms with Crippen LogP contribution in [0.4, 0.5) is 8.78 Å². The first-order chi connectivity index (χ1) is 11.6. The summed E-state index contributed by atoms with van der Waals surface area (Å²) in [6, 6.07) is 5.97. The Kier molecular flexibility index (Phi) is 4.18. The quantitative estimate of drug-likeness (QED) is 0.863. The Bertz CT molecular complexity index is 731. The first-order valence-corrected chi connectivity index (χ1v) is 8.53. The second-order valence-corrected chi connectivity index (χ2v) is 6.82. The van der Waals surface area contributed by atoms with E-state index in [1.807, 2.05) is 24.4 Å². The maximum Gasteiger partial charge on any atom is 0.261 e. The fourth-order valence-corrected chi connectivity index (χ4v) is 3.55. The van der Waals surface area contributed by atoms with Gasteiger partial charge in [0.05, 0.1) is 12.1 Å². The van der Waals surface area contributed by atoms with Gasteiger partial charge in [0.25, 0.3) is 5.92 Å². The molecule has 1 aromatic heterocycles. The zero-order valence-corrected chi connectivity index (χ0v) is 13.5. The number of nitrogens with zero attached hydrogens (tertiary/aromatic N) is 3. The van der Waals surface area contributed by atoms with Crippen LogP contribution in [0.5, 0.6) is 0 Å². The number of hydrogen-bond donors (Lipinski definition) is 0. The lowest BCUT2D eigenvalue weighted by atomic mass is 9.99. The third-order valence-electron chi connectivity index (χ3n) is 4.90. The molecule has 0 radical (unpaired) electrons. The van der Waals surface area contributed by atoms with Gasteiger partial charge in [-0.3, -0.25) is 4.90 Å². The van der Waals surface area contributed by atoms with Crippen LogP contribution in [0, 0.1) is 0 Å². The number of fused-ring (bicyclic) bond motifs is 1. The molecule has 2 fully saturated rings. The second kappa shape index (κ2) is 6.33. The van der Waals surface area contributed by atoms with E-state index in [0.717, 1.165) is 48.3 Å². The van der Waals surface area contributed by atoms with Gasteiger partial charge < -0.3 is 4.74 Å². The van der Waals surface area contributed by atoms with E-state index in [4.69, 9.17) is 9.72 Å². The summed E-state index contributed by atoms with van der Waals surface area (Å²) in [6.07, 6.45) is 3.74. The van der Waals surface area contributed by atoms with Gasteiger partial charge in [0.15, 0.2) is 0 Å². The molecule has 0 N–H and O–H groups in total. The zero-order chi connectivity index (χ0) is 16.6. The van der Waals surface area contributed by atoms with Crippen molar-refractivity contribution in [3.63, 3.8) is 0 Å². The van der Waals surface area contributed by atoms with E-state index in [0.29, 0.717) is 19.0 Å². The first kappa shape index (κ1) is 15.8. The molecule has 4 nitrogen and oxygen atoms in total. The standard InChI is InChI=1S/C18H21F2N3O/c19-18(20)5-6-23(12-18)11-13-1-2-16-15(9-13)10-21-17(22-16)14-3-7-24-8-4-14/h1-2,9-10,14H,3-8,11-12H2. The lowest BCUT2D eigenvalue weighted by Gasteiger charge is -2.20. The maximum absolute atomic E-state index is 13.3. The number of aromatic nitrogens is 2. The fraction of sp³-hybridized carbons (Fsp3) is 0.556. The van der Waals surface area contributed by atoms with Crippen LogP contribution in [0.2, 0.25) is 0 Å². The van der Waals surface area contributed by atoms with Crippen LogP contribution in [0.25, 0.3) is 10.9 Å². The molecular formula is C18H21F2N3O. The van der Waals surface area contributed by atoms with Crippen LogP contribution in [0.15, 0.2) is 24.4 Å². The smallest absolute Gasteiger partial charge is 0.261 e. The highest BCUT2D eigenvalue weighted by molar-refractivity contribution is 5.78. The topological polar surface area (TPSA) is 38.2 Å². The SMILES string of the molecule is FC1(F)CCN(Cc2ccc3nc(C4CCOCC4)ncc3c2)C1. The predicted molar refractivity (Wildman–Crippen MR) is 87.2 cm³/mol.